The van der Waals surface area contributed by atoms with Crippen molar-refractivity contribution in [3.8, 4) is 0 Å². The van der Waals surface area contributed by atoms with Gasteiger partial charge in [-0.1, -0.05) is 6.07 Å². The molecule has 3 aromatic rings. The van der Waals surface area contributed by atoms with Gasteiger partial charge in [-0.3, -0.25) is 4.40 Å². The van der Waals surface area contributed by atoms with Crippen molar-refractivity contribution in [1.29, 1.82) is 0 Å². The molecule has 1 atom stereocenters. The molecule has 0 aliphatic carbocycles. The number of halogens is 4. The van der Waals surface area contributed by atoms with Crippen LogP contribution >= 0.6 is 0 Å². The predicted octanol–water partition coefficient (Wildman–Crippen LogP) is 3.46. The number of fused-ring (bicyclic) bond motifs is 1. The number of rotatable bonds is 3. The van der Waals surface area contributed by atoms with E-state index in [0.717, 1.165) is 24.4 Å². The van der Waals surface area contributed by atoms with Gasteiger partial charge in [0.15, 0.2) is 5.65 Å². The summed E-state index contributed by atoms with van der Waals surface area (Å²) >= 11 is 0. The van der Waals surface area contributed by atoms with Gasteiger partial charge >= 0.3 is 6.18 Å². The molecule has 1 aromatic carbocycles. The standard InChI is InChI=1S/C18H16F4N4O2S/c19-14-4-1-5-15(9-14)29(27,28)25-8-2-3-12(10-25)17-24-23-16-7-6-13(11-26(16)17)18(20,21)22/h1,4-7,9,11-12H,2-3,8,10H2/t12-/m1/s1. The molecule has 0 unspecified atom stereocenters. The molecule has 6 nitrogen and oxygen atoms in total. The van der Waals surface area contributed by atoms with Gasteiger partial charge in [0, 0.05) is 25.2 Å². The number of piperidine rings is 1. The average molecular weight is 428 g/mol. The van der Waals surface area contributed by atoms with Gasteiger partial charge in [-0.2, -0.15) is 17.5 Å². The smallest absolute Gasteiger partial charge is 0.286 e. The minimum atomic E-state index is -4.52. The van der Waals surface area contributed by atoms with E-state index in [0.29, 0.717) is 12.8 Å². The minimum absolute atomic E-state index is 0.0237. The zero-order valence-corrected chi connectivity index (χ0v) is 15.8. The van der Waals surface area contributed by atoms with E-state index in [1.807, 2.05) is 0 Å². The summed E-state index contributed by atoms with van der Waals surface area (Å²) in [6.45, 7) is 0.260. The summed E-state index contributed by atoms with van der Waals surface area (Å²) in [6.07, 6.45) is -2.56. The first-order valence-corrected chi connectivity index (χ1v) is 10.3. The lowest BCUT2D eigenvalue weighted by Crippen LogP contribution is -2.39. The Morgan fingerprint density at radius 2 is 1.90 bits per heavy atom. The summed E-state index contributed by atoms with van der Waals surface area (Å²) in [4.78, 5) is -0.163. The second-order valence-electron chi connectivity index (χ2n) is 6.86. The Hall–Kier alpha value is -2.53. The lowest BCUT2D eigenvalue weighted by molar-refractivity contribution is -0.137. The number of aromatic nitrogens is 3. The van der Waals surface area contributed by atoms with E-state index in [2.05, 4.69) is 10.2 Å². The number of pyridine rings is 1. The van der Waals surface area contributed by atoms with Crippen molar-refractivity contribution in [2.75, 3.05) is 13.1 Å². The molecule has 3 heterocycles. The normalized spacial score (nSPS) is 19.0. The summed E-state index contributed by atoms with van der Waals surface area (Å²) in [7, 11) is -3.94. The van der Waals surface area contributed by atoms with E-state index in [-0.39, 0.29) is 29.5 Å². The zero-order chi connectivity index (χ0) is 20.8. The lowest BCUT2D eigenvalue weighted by atomic mass is 9.99. The van der Waals surface area contributed by atoms with Crippen LogP contribution in [0.4, 0.5) is 17.6 Å². The highest BCUT2D eigenvalue weighted by molar-refractivity contribution is 7.89. The van der Waals surface area contributed by atoms with Crippen LogP contribution in [-0.4, -0.2) is 40.4 Å². The number of benzene rings is 1. The van der Waals surface area contributed by atoms with Crippen LogP contribution in [-0.2, 0) is 16.2 Å². The molecule has 0 bridgehead atoms. The number of alkyl halides is 3. The third kappa shape index (κ3) is 3.71. The van der Waals surface area contributed by atoms with Crippen molar-refractivity contribution in [2.24, 2.45) is 0 Å². The first-order chi connectivity index (χ1) is 13.7. The number of hydrogen-bond acceptors (Lipinski definition) is 4. The van der Waals surface area contributed by atoms with Crippen molar-refractivity contribution in [1.82, 2.24) is 18.9 Å². The molecule has 154 valence electrons. The van der Waals surface area contributed by atoms with E-state index in [1.54, 1.807) is 0 Å². The Morgan fingerprint density at radius 1 is 1.10 bits per heavy atom. The summed E-state index contributed by atoms with van der Waals surface area (Å²) in [5, 5.41) is 7.91. The van der Waals surface area contributed by atoms with E-state index in [1.165, 1.54) is 26.9 Å². The minimum Gasteiger partial charge on any atom is -0.286 e. The second kappa shape index (κ2) is 7.06. The van der Waals surface area contributed by atoms with E-state index in [9.17, 15) is 26.0 Å². The fourth-order valence-corrected chi connectivity index (χ4v) is 5.06. The Kier molecular flexibility index (Phi) is 4.82. The summed E-state index contributed by atoms with van der Waals surface area (Å²) in [5.41, 5.74) is -0.593. The highest BCUT2D eigenvalue weighted by Crippen LogP contribution is 2.32. The molecule has 2 aromatic heterocycles. The number of sulfonamides is 1. The molecule has 1 saturated heterocycles. The molecular formula is C18H16F4N4O2S. The first-order valence-electron chi connectivity index (χ1n) is 8.84. The third-order valence-electron chi connectivity index (χ3n) is 4.94. The highest BCUT2D eigenvalue weighted by Gasteiger charge is 2.34. The maximum Gasteiger partial charge on any atom is 0.417 e. The molecule has 11 heteroatoms. The van der Waals surface area contributed by atoms with Crippen LogP contribution in [0.1, 0.15) is 30.1 Å². The second-order valence-corrected chi connectivity index (χ2v) is 8.80. The molecule has 1 fully saturated rings. The van der Waals surface area contributed by atoms with Crippen LogP contribution in [0.3, 0.4) is 0 Å². The summed E-state index contributed by atoms with van der Waals surface area (Å²) in [5.74, 6) is -0.835. The van der Waals surface area contributed by atoms with Gasteiger partial charge in [-0.05, 0) is 43.2 Å². The number of nitrogens with zero attached hydrogens (tertiary/aromatic N) is 4. The van der Waals surface area contributed by atoms with E-state index < -0.39 is 33.5 Å². The summed E-state index contributed by atoms with van der Waals surface area (Å²) < 4.78 is 80.9. The third-order valence-corrected chi connectivity index (χ3v) is 6.80. The molecule has 1 aliphatic heterocycles. The van der Waals surface area contributed by atoms with Crippen LogP contribution in [0.5, 0.6) is 0 Å². The van der Waals surface area contributed by atoms with Gasteiger partial charge in [0.05, 0.1) is 10.5 Å². The fraction of sp³-hybridized carbons (Fsp3) is 0.333. The van der Waals surface area contributed by atoms with Gasteiger partial charge in [0.1, 0.15) is 11.6 Å². The highest BCUT2D eigenvalue weighted by atomic mass is 32.2. The van der Waals surface area contributed by atoms with Crippen LogP contribution in [0.2, 0.25) is 0 Å². The Labute approximate surface area is 163 Å². The first kappa shape index (κ1) is 19.8. The molecule has 0 saturated carbocycles. The predicted molar refractivity (Wildman–Crippen MR) is 95.1 cm³/mol. The van der Waals surface area contributed by atoms with E-state index in [4.69, 9.17) is 0 Å². The average Bonchev–Trinajstić information content (AvgIpc) is 3.11. The van der Waals surface area contributed by atoms with Gasteiger partial charge in [0.25, 0.3) is 0 Å². The van der Waals surface area contributed by atoms with Crippen molar-refractivity contribution in [3.63, 3.8) is 0 Å². The molecular weight excluding hydrogens is 412 g/mol. The van der Waals surface area contributed by atoms with Gasteiger partial charge in [0.2, 0.25) is 10.0 Å². The Balaban J connectivity index is 1.67. The van der Waals surface area contributed by atoms with Crippen molar-refractivity contribution < 1.29 is 26.0 Å². The molecule has 0 radical (unpaired) electrons. The SMILES string of the molecule is O=S(=O)(c1cccc(F)c1)N1CCC[C@@H](c2nnc3ccc(C(F)(F)F)cn23)C1. The molecule has 0 spiro atoms. The summed E-state index contributed by atoms with van der Waals surface area (Å²) in [6, 6.07) is 6.87. The lowest BCUT2D eigenvalue weighted by Gasteiger charge is -2.31. The van der Waals surface area contributed by atoms with Crippen molar-refractivity contribution in [2.45, 2.75) is 29.8 Å². The van der Waals surface area contributed by atoms with Crippen LogP contribution in [0, 0.1) is 5.82 Å². The Morgan fingerprint density at radius 3 is 2.62 bits per heavy atom. The van der Waals surface area contributed by atoms with Gasteiger partial charge in [-0.15, -0.1) is 10.2 Å². The monoisotopic (exact) mass is 428 g/mol. The fourth-order valence-electron chi connectivity index (χ4n) is 3.50. The van der Waals surface area contributed by atoms with Crippen molar-refractivity contribution >= 4 is 15.7 Å². The maximum atomic E-state index is 13.5. The van der Waals surface area contributed by atoms with Crippen LogP contribution < -0.4 is 0 Å². The zero-order valence-electron chi connectivity index (χ0n) is 15.0. The Bertz CT molecular complexity index is 1160. The molecule has 4 rings (SSSR count). The van der Waals surface area contributed by atoms with Crippen molar-refractivity contribution in [3.05, 3.63) is 59.8 Å². The quantitative estimate of drug-likeness (QED) is 0.600. The molecule has 0 amide bonds. The topological polar surface area (TPSA) is 67.6 Å². The van der Waals surface area contributed by atoms with Crippen LogP contribution in [0.15, 0.2) is 47.5 Å². The van der Waals surface area contributed by atoms with E-state index >= 15 is 0 Å². The van der Waals surface area contributed by atoms with Gasteiger partial charge in [-0.25, -0.2) is 12.8 Å². The van der Waals surface area contributed by atoms with Gasteiger partial charge < -0.3 is 0 Å². The van der Waals surface area contributed by atoms with Crippen LogP contribution in [0.25, 0.3) is 5.65 Å². The molecule has 29 heavy (non-hydrogen) atoms. The molecule has 0 N–H and O–H groups in total. The maximum absolute atomic E-state index is 13.5. The molecule has 1 aliphatic rings. The number of hydrogen-bond donors (Lipinski definition) is 0. The largest absolute Gasteiger partial charge is 0.417 e.